The number of fused-ring (bicyclic) bond motifs is 2. The maximum Gasteiger partial charge on any atom is 0.220 e. The number of piperidine rings is 1. The Morgan fingerprint density at radius 3 is 2.70 bits per heavy atom. The predicted octanol–water partition coefficient (Wildman–Crippen LogP) is 2.53. The average molecular weight is 502 g/mol. The first-order valence-electron chi connectivity index (χ1n) is 13.1. The van der Waals surface area contributed by atoms with Crippen LogP contribution >= 0.6 is 0 Å². The van der Waals surface area contributed by atoms with Crippen molar-refractivity contribution in [2.24, 2.45) is 16.1 Å². The molecule has 4 aliphatic heterocycles. The summed E-state index contributed by atoms with van der Waals surface area (Å²) < 4.78 is 10.8. The molecule has 0 radical (unpaired) electrons. The van der Waals surface area contributed by atoms with Gasteiger partial charge in [-0.25, -0.2) is 15.0 Å². The van der Waals surface area contributed by atoms with Gasteiger partial charge in [-0.05, 0) is 38.3 Å². The van der Waals surface area contributed by atoms with Crippen LogP contribution in [-0.2, 0) is 11.3 Å². The van der Waals surface area contributed by atoms with Gasteiger partial charge in [0.05, 0.1) is 42.5 Å². The van der Waals surface area contributed by atoms with E-state index < -0.39 is 0 Å². The van der Waals surface area contributed by atoms with Crippen molar-refractivity contribution in [1.82, 2.24) is 25.1 Å². The third-order valence-electron chi connectivity index (χ3n) is 8.64. The molecule has 4 aliphatic rings. The molecule has 3 aromatic heterocycles. The number of nitrogens with zero attached hydrogens (tertiary/aromatic N) is 8. The molecule has 2 N–H and O–H groups in total. The van der Waals surface area contributed by atoms with E-state index in [0.29, 0.717) is 24.0 Å². The summed E-state index contributed by atoms with van der Waals surface area (Å²) in [5.41, 5.74) is 11.2. The molecule has 0 aliphatic carbocycles. The van der Waals surface area contributed by atoms with Crippen molar-refractivity contribution in [3.8, 4) is 11.5 Å². The van der Waals surface area contributed by atoms with Crippen LogP contribution in [0.5, 0.6) is 0 Å². The Balaban J connectivity index is 1.12. The van der Waals surface area contributed by atoms with Crippen LogP contribution in [0.25, 0.3) is 11.5 Å². The second-order valence-electron chi connectivity index (χ2n) is 10.8. The molecule has 0 aromatic carbocycles. The Kier molecular flexibility index (Phi) is 5.26. The zero-order valence-corrected chi connectivity index (χ0v) is 21.2. The van der Waals surface area contributed by atoms with Crippen LogP contribution in [0.4, 0.5) is 11.5 Å². The lowest BCUT2D eigenvalue weighted by molar-refractivity contribution is 0.0974. The van der Waals surface area contributed by atoms with Crippen molar-refractivity contribution in [3.63, 3.8) is 0 Å². The standard InChI is InChI=1S/C26H31N9O2/c1-15-5-8-35(19-4-3-17(32-21(15)19)24-30-14-37-33-24)25-22-18(11-29-25)31-20(12-28-22)34-9-6-26(7-10-34)13-36-16(2)23(26)27/h3-4,12,14-16,23H,5-11,13,27H2,1-2H3/t15-,16-,23+/m0/s1. The number of rotatable bonds is 2. The Labute approximate surface area is 215 Å². The molecule has 11 nitrogen and oxygen atoms in total. The van der Waals surface area contributed by atoms with Crippen molar-refractivity contribution in [1.29, 1.82) is 0 Å². The van der Waals surface area contributed by atoms with Gasteiger partial charge in [-0.15, -0.1) is 0 Å². The zero-order chi connectivity index (χ0) is 25.1. The Bertz CT molecular complexity index is 1350. The van der Waals surface area contributed by atoms with Crippen LogP contribution in [0.1, 0.15) is 56.1 Å². The Morgan fingerprint density at radius 1 is 1.08 bits per heavy atom. The van der Waals surface area contributed by atoms with Crippen molar-refractivity contribution in [3.05, 3.63) is 41.8 Å². The predicted molar refractivity (Wildman–Crippen MR) is 137 cm³/mol. The molecular formula is C26H31N9O2. The zero-order valence-electron chi connectivity index (χ0n) is 21.2. The summed E-state index contributed by atoms with van der Waals surface area (Å²) >= 11 is 0. The number of anilines is 2. The molecule has 7 rings (SSSR count). The monoisotopic (exact) mass is 501 g/mol. The first-order valence-corrected chi connectivity index (χ1v) is 13.1. The van der Waals surface area contributed by atoms with Gasteiger partial charge >= 0.3 is 0 Å². The van der Waals surface area contributed by atoms with E-state index in [0.717, 1.165) is 79.9 Å². The summed E-state index contributed by atoms with van der Waals surface area (Å²) in [6, 6.07) is 4.11. The molecular weight excluding hydrogens is 470 g/mol. The van der Waals surface area contributed by atoms with Crippen LogP contribution < -0.4 is 15.5 Å². The molecule has 7 heterocycles. The lowest BCUT2D eigenvalue weighted by atomic mass is 9.73. The van der Waals surface area contributed by atoms with Gasteiger partial charge in [-0.1, -0.05) is 12.1 Å². The van der Waals surface area contributed by atoms with E-state index in [1.54, 1.807) is 0 Å². The first kappa shape index (κ1) is 22.7. The summed E-state index contributed by atoms with van der Waals surface area (Å²) in [5.74, 6) is 2.60. The molecule has 0 bridgehead atoms. The lowest BCUT2D eigenvalue weighted by Gasteiger charge is -2.41. The Hall–Kier alpha value is -3.44. The first-order chi connectivity index (χ1) is 18.0. The number of ether oxygens (including phenoxy) is 1. The third-order valence-corrected chi connectivity index (χ3v) is 8.64. The van der Waals surface area contributed by atoms with Crippen molar-refractivity contribution < 1.29 is 9.26 Å². The lowest BCUT2D eigenvalue weighted by Crippen LogP contribution is -2.50. The molecule has 192 valence electrons. The number of pyridine rings is 1. The van der Waals surface area contributed by atoms with E-state index in [1.165, 1.54) is 6.39 Å². The minimum Gasteiger partial charge on any atom is -0.376 e. The molecule has 11 heteroatoms. The van der Waals surface area contributed by atoms with Gasteiger partial charge in [0.1, 0.15) is 17.2 Å². The molecule has 0 amide bonds. The van der Waals surface area contributed by atoms with Gasteiger partial charge in [-0.2, -0.15) is 4.98 Å². The fraction of sp³-hybridized carbons (Fsp3) is 0.538. The van der Waals surface area contributed by atoms with Crippen LogP contribution in [0.3, 0.4) is 0 Å². The van der Waals surface area contributed by atoms with Gasteiger partial charge in [0.15, 0.2) is 5.84 Å². The van der Waals surface area contributed by atoms with Crippen molar-refractivity contribution >= 4 is 17.3 Å². The van der Waals surface area contributed by atoms with Crippen LogP contribution in [-0.4, -0.2) is 69.3 Å². The quantitative estimate of drug-likeness (QED) is 0.559. The number of hydrogen-bond acceptors (Lipinski definition) is 11. The summed E-state index contributed by atoms with van der Waals surface area (Å²) in [4.78, 5) is 28.4. The highest BCUT2D eigenvalue weighted by Gasteiger charge is 2.47. The average Bonchev–Trinajstić information content (AvgIpc) is 3.67. The minimum atomic E-state index is 0.0901. The highest BCUT2D eigenvalue weighted by Crippen LogP contribution is 2.42. The molecule has 0 saturated carbocycles. The van der Waals surface area contributed by atoms with Crippen LogP contribution in [0.15, 0.2) is 34.2 Å². The number of aromatic nitrogens is 5. The molecule has 3 aromatic rings. The fourth-order valence-electron chi connectivity index (χ4n) is 6.22. The second kappa shape index (κ2) is 8.56. The molecule has 37 heavy (non-hydrogen) atoms. The summed E-state index contributed by atoms with van der Waals surface area (Å²) in [7, 11) is 0. The minimum absolute atomic E-state index is 0.0901. The summed E-state index contributed by atoms with van der Waals surface area (Å²) in [6.45, 7) is 8.27. The highest BCUT2D eigenvalue weighted by molar-refractivity contribution is 6.11. The van der Waals surface area contributed by atoms with Crippen molar-refractivity contribution in [2.75, 3.05) is 36.0 Å². The third kappa shape index (κ3) is 3.63. The van der Waals surface area contributed by atoms with E-state index in [-0.39, 0.29) is 17.6 Å². The number of amidine groups is 1. The van der Waals surface area contributed by atoms with Gasteiger partial charge in [0.2, 0.25) is 12.2 Å². The maximum atomic E-state index is 6.50. The van der Waals surface area contributed by atoms with Gasteiger partial charge in [0.25, 0.3) is 0 Å². The van der Waals surface area contributed by atoms with Gasteiger partial charge in [-0.3, -0.25) is 4.99 Å². The second-order valence-corrected chi connectivity index (χ2v) is 10.8. The van der Waals surface area contributed by atoms with E-state index in [9.17, 15) is 0 Å². The highest BCUT2D eigenvalue weighted by atomic mass is 16.5. The normalized spacial score (nSPS) is 26.4. The van der Waals surface area contributed by atoms with Gasteiger partial charge < -0.3 is 24.8 Å². The Morgan fingerprint density at radius 2 is 1.95 bits per heavy atom. The SMILES string of the molecule is C[C@@H]1OCC2(CCN(c3cnc4c(n3)CN=C4N3CC[C@H](C)c4nc(-c5ncon5)ccc43)CC2)[C@@H]1N. The maximum absolute atomic E-state index is 6.50. The summed E-state index contributed by atoms with van der Waals surface area (Å²) in [5, 5.41) is 3.94. The van der Waals surface area contributed by atoms with E-state index in [4.69, 9.17) is 34.9 Å². The molecule has 0 unspecified atom stereocenters. The van der Waals surface area contributed by atoms with Crippen LogP contribution in [0, 0.1) is 5.41 Å². The van der Waals surface area contributed by atoms with E-state index in [2.05, 4.69) is 39.9 Å². The van der Waals surface area contributed by atoms with Crippen molar-refractivity contribution in [2.45, 2.75) is 57.7 Å². The van der Waals surface area contributed by atoms with Gasteiger partial charge in [0, 0.05) is 37.0 Å². The molecule has 2 saturated heterocycles. The van der Waals surface area contributed by atoms with E-state index in [1.807, 2.05) is 12.3 Å². The van der Waals surface area contributed by atoms with Crippen LogP contribution in [0.2, 0.25) is 0 Å². The fourth-order valence-corrected chi connectivity index (χ4v) is 6.22. The topological polar surface area (TPSA) is 132 Å². The molecule has 3 atom stereocenters. The van der Waals surface area contributed by atoms with E-state index >= 15 is 0 Å². The number of aliphatic imine (C=N–C) groups is 1. The number of hydrogen-bond donors (Lipinski definition) is 1. The summed E-state index contributed by atoms with van der Waals surface area (Å²) in [6.07, 6.45) is 6.35. The largest absolute Gasteiger partial charge is 0.376 e. The molecule has 2 fully saturated rings. The number of nitrogens with two attached hydrogens (primary N) is 1. The smallest absolute Gasteiger partial charge is 0.220 e. The molecule has 1 spiro atoms.